The lowest BCUT2D eigenvalue weighted by molar-refractivity contribution is -0.134. The van der Waals surface area contributed by atoms with E-state index in [0.717, 1.165) is 36.1 Å². The van der Waals surface area contributed by atoms with Gasteiger partial charge in [-0.3, -0.25) is 4.79 Å². The van der Waals surface area contributed by atoms with Gasteiger partial charge in [-0.15, -0.1) is 0 Å². The zero-order valence-corrected chi connectivity index (χ0v) is 14.3. The van der Waals surface area contributed by atoms with Crippen molar-refractivity contribution in [2.24, 2.45) is 11.5 Å². The van der Waals surface area contributed by atoms with E-state index in [1.807, 2.05) is 18.2 Å². The molecule has 0 unspecified atom stereocenters. The Hall–Kier alpha value is -1.39. The van der Waals surface area contributed by atoms with E-state index >= 15 is 0 Å². The van der Waals surface area contributed by atoms with Crippen LogP contribution in [0.5, 0.6) is 5.75 Å². The highest BCUT2D eigenvalue weighted by Gasteiger charge is 2.17. The van der Waals surface area contributed by atoms with Crippen LogP contribution in [0, 0.1) is 0 Å². The molecule has 0 saturated heterocycles. The predicted molar refractivity (Wildman–Crippen MR) is 90.9 cm³/mol. The van der Waals surface area contributed by atoms with Crippen molar-refractivity contribution in [3.63, 3.8) is 0 Å². The maximum atomic E-state index is 12.1. The number of ether oxygens (including phenoxy) is 1. The van der Waals surface area contributed by atoms with Crippen molar-refractivity contribution in [1.82, 2.24) is 0 Å². The maximum Gasteiger partial charge on any atom is 0.311 e. The molecule has 0 spiro atoms. The number of unbranched alkanes of at least 4 members (excludes halogenated alkanes) is 1. The van der Waals surface area contributed by atoms with Crippen LogP contribution >= 0.6 is 0 Å². The summed E-state index contributed by atoms with van der Waals surface area (Å²) in [5, 5.41) is 0. The van der Waals surface area contributed by atoms with Gasteiger partial charge >= 0.3 is 5.97 Å². The number of para-hydroxylation sites is 1. The summed E-state index contributed by atoms with van der Waals surface area (Å²) in [4.78, 5) is 12.1. The largest absolute Gasteiger partial charge is 0.426 e. The smallest absolute Gasteiger partial charge is 0.311 e. The zero-order chi connectivity index (χ0) is 16.7. The Bertz CT molecular complexity index is 456. The Kier molecular flexibility index (Phi) is 7.56. The summed E-state index contributed by atoms with van der Waals surface area (Å²) >= 11 is 0. The summed E-state index contributed by atoms with van der Waals surface area (Å²) in [7, 11) is 0. The molecule has 1 rings (SSSR count). The molecule has 4 nitrogen and oxygen atoms in total. The summed E-state index contributed by atoms with van der Waals surface area (Å²) in [5.74, 6) is 1.20. The summed E-state index contributed by atoms with van der Waals surface area (Å²) < 4.78 is 5.70. The van der Waals surface area contributed by atoms with Crippen LogP contribution in [0.4, 0.5) is 0 Å². The number of carbonyl (C=O) groups is 1. The topological polar surface area (TPSA) is 78.3 Å². The predicted octanol–water partition coefficient (Wildman–Crippen LogP) is 3.64. The highest BCUT2D eigenvalue weighted by molar-refractivity contribution is 5.73. The standard InChI is InChI=1S/C18H30N2O2/c1-12(2)14-8-7-9-15(13(3)4)18(14)22-17(21)11-6-5-10-16(19)20/h7-9,12-13,16H,5-6,10-11,19-20H2,1-4H3. The van der Waals surface area contributed by atoms with Gasteiger partial charge in [0, 0.05) is 6.42 Å². The van der Waals surface area contributed by atoms with Crippen LogP contribution in [-0.2, 0) is 4.79 Å². The number of rotatable bonds is 8. The van der Waals surface area contributed by atoms with E-state index in [1.54, 1.807) is 0 Å². The van der Waals surface area contributed by atoms with Crippen LogP contribution < -0.4 is 16.2 Å². The van der Waals surface area contributed by atoms with Crippen LogP contribution in [-0.4, -0.2) is 12.1 Å². The van der Waals surface area contributed by atoms with E-state index < -0.39 is 0 Å². The average Bonchev–Trinajstić information content (AvgIpc) is 2.43. The number of nitrogens with two attached hydrogens (primary N) is 2. The molecule has 0 fully saturated rings. The van der Waals surface area contributed by atoms with Crippen LogP contribution in [0.15, 0.2) is 18.2 Å². The van der Waals surface area contributed by atoms with E-state index in [0.29, 0.717) is 18.3 Å². The van der Waals surface area contributed by atoms with E-state index in [-0.39, 0.29) is 12.1 Å². The fraction of sp³-hybridized carbons (Fsp3) is 0.611. The van der Waals surface area contributed by atoms with Crippen molar-refractivity contribution in [2.45, 2.75) is 71.4 Å². The molecule has 0 bridgehead atoms. The van der Waals surface area contributed by atoms with Gasteiger partial charge in [0.15, 0.2) is 0 Å². The highest BCUT2D eigenvalue weighted by atomic mass is 16.5. The van der Waals surface area contributed by atoms with Gasteiger partial charge in [-0.25, -0.2) is 0 Å². The van der Waals surface area contributed by atoms with E-state index in [4.69, 9.17) is 16.2 Å². The third-order valence-corrected chi connectivity index (χ3v) is 3.70. The molecule has 4 heteroatoms. The third kappa shape index (κ3) is 5.78. The van der Waals surface area contributed by atoms with Crippen molar-refractivity contribution in [1.29, 1.82) is 0 Å². The SMILES string of the molecule is CC(C)c1cccc(C(C)C)c1OC(=O)CCCCC(N)N. The van der Waals surface area contributed by atoms with Gasteiger partial charge in [0.25, 0.3) is 0 Å². The lowest BCUT2D eigenvalue weighted by Crippen LogP contribution is -2.29. The first-order valence-corrected chi connectivity index (χ1v) is 8.17. The highest BCUT2D eigenvalue weighted by Crippen LogP contribution is 2.34. The monoisotopic (exact) mass is 306 g/mol. The molecular formula is C18H30N2O2. The lowest BCUT2D eigenvalue weighted by Gasteiger charge is -2.19. The molecule has 0 radical (unpaired) electrons. The third-order valence-electron chi connectivity index (χ3n) is 3.70. The van der Waals surface area contributed by atoms with E-state index in [2.05, 4.69) is 27.7 Å². The molecular weight excluding hydrogens is 276 g/mol. The van der Waals surface area contributed by atoms with Gasteiger partial charge in [0.2, 0.25) is 0 Å². The molecule has 124 valence electrons. The van der Waals surface area contributed by atoms with Gasteiger partial charge in [0.1, 0.15) is 5.75 Å². The molecule has 22 heavy (non-hydrogen) atoms. The second-order valence-electron chi connectivity index (χ2n) is 6.46. The molecule has 0 heterocycles. The Morgan fingerprint density at radius 3 is 2.05 bits per heavy atom. The first kappa shape index (κ1) is 18.7. The minimum absolute atomic E-state index is 0.180. The summed E-state index contributed by atoms with van der Waals surface area (Å²) in [6.07, 6.45) is 2.43. The van der Waals surface area contributed by atoms with E-state index in [9.17, 15) is 4.79 Å². The molecule has 0 aliphatic carbocycles. The second-order valence-corrected chi connectivity index (χ2v) is 6.46. The molecule has 0 amide bonds. The van der Waals surface area contributed by atoms with Gasteiger partial charge < -0.3 is 16.2 Å². The molecule has 0 aromatic heterocycles. The first-order chi connectivity index (χ1) is 10.3. The van der Waals surface area contributed by atoms with Crippen LogP contribution in [0.25, 0.3) is 0 Å². The van der Waals surface area contributed by atoms with Gasteiger partial charge in [-0.05, 0) is 35.8 Å². The Morgan fingerprint density at radius 2 is 1.59 bits per heavy atom. The second kappa shape index (κ2) is 8.91. The first-order valence-electron chi connectivity index (χ1n) is 8.17. The summed E-state index contributed by atoms with van der Waals surface area (Å²) in [6.45, 7) is 8.44. The average molecular weight is 306 g/mol. The quantitative estimate of drug-likeness (QED) is 0.332. The van der Waals surface area contributed by atoms with Crippen molar-refractivity contribution in [2.75, 3.05) is 0 Å². The molecule has 1 aromatic rings. The normalized spacial score (nSPS) is 11.5. The number of hydrogen-bond acceptors (Lipinski definition) is 4. The Balaban J connectivity index is 2.76. The molecule has 0 aliphatic rings. The fourth-order valence-electron chi connectivity index (χ4n) is 2.41. The fourth-order valence-corrected chi connectivity index (χ4v) is 2.41. The zero-order valence-electron chi connectivity index (χ0n) is 14.3. The van der Waals surface area contributed by atoms with Crippen molar-refractivity contribution in [3.05, 3.63) is 29.3 Å². The number of esters is 1. The number of hydrogen-bond donors (Lipinski definition) is 2. The van der Waals surface area contributed by atoms with Crippen LogP contribution in [0.3, 0.4) is 0 Å². The van der Waals surface area contributed by atoms with Crippen molar-refractivity contribution in [3.8, 4) is 5.75 Å². The van der Waals surface area contributed by atoms with Crippen LogP contribution in [0.1, 0.15) is 76.3 Å². The van der Waals surface area contributed by atoms with Crippen LogP contribution in [0.2, 0.25) is 0 Å². The van der Waals surface area contributed by atoms with Crippen molar-refractivity contribution >= 4 is 5.97 Å². The van der Waals surface area contributed by atoms with E-state index in [1.165, 1.54) is 0 Å². The molecule has 4 N–H and O–H groups in total. The summed E-state index contributed by atoms with van der Waals surface area (Å²) in [6, 6.07) is 6.10. The Morgan fingerprint density at radius 1 is 1.05 bits per heavy atom. The van der Waals surface area contributed by atoms with Gasteiger partial charge in [-0.2, -0.15) is 0 Å². The minimum atomic E-state index is -0.301. The molecule has 0 aliphatic heterocycles. The van der Waals surface area contributed by atoms with Gasteiger partial charge in [-0.1, -0.05) is 52.3 Å². The number of carbonyl (C=O) groups excluding carboxylic acids is 1. The van der Waals surface area contributed by atoms with Gasteiger partial charge in [0.05, 0.1) is 6.17 Å². The maximum absolute atomic E-state index is 12.1. The lowest BCUT2D eigenvalue weighted by atomic mass is 9.94. The minimum Gasteiger partial charge on any atom is -0.426 e. The van der Waals surface area contributed by atoms with Crippen molar-refractivity contribution < 1.29 is 9.53 Å². The number of benzene rings is 1. The molecule has 0 atom stereocenters. The molecule has 0 saturated carbocycles. The molecule has 1 aromatic carbocycles. The summed E-state index contributed by atoms with van der Waals surface area (Å²) in [5.41, 5.74) is 13.2. The Labute approximate surface area is 134 Å².